The first kappa shape index (κ1) is 12.4. The van der Waals surface area contributed by atoms with Gasteiger partial charge >= 0.3 is 0 Å². The summed E-state index contributed by atoms with van der Waals surface area (Å²) in [6, 6.07) is 0.991. The molecule has 0 aromatic carbocycles. The van der Waals surface area contributed by atoms with Crippen LogP contribution in [0.3, 0.4) is 0 Å². The van der Waals surface area contributed by atoms with Gasteiger partial charge in [-0.3, -0.25) is 9.69 Å². The van der Waals surface area contributed by atoms with E-state index in [1.807, 2.05) is 6.92 Å². The van der Waals surface area contributed by atoms with Crippen LogP contribution in [0.15, 0.2) is 0 Å². The van der Waals surface area contributed by atoms with Crippen molar-refractivity contribution in [2.45, 2.75) is 50.0 Å². The summed E-state index contributed by atoms with van der Waals surface area (Å²) in [5.41, 5.74) is 0. The Morgan fingerprint density at radius 3 is 2.94 bits per heavy atom. The van der Waals surface area contributed by atoms with Crippen LogP contribution in [0.2, 0.25) is 0 Å². The number of carbonyl (C=O) groups excluding carboxylic acids is 1. The van der Waals surface area contributed by atoms with Gasteiger partial charge in [-0.05, 0) is 32.7 Å². The fraction of sp³-hybridized carbons (Fsp3) is 0.917. The third kappa shape index (κ3) is 2.28. The van der Waals surface area contributed by atoms with Crippen molar-refractivity contribution in [3.05, 3.63) is 0 Å². The maximum atomic E-state index is 12.2. The van der Waals surface area contributed by atoms with Gasteiger partial charge in [-0.2, -0.15) is 0 Å². The first-order valence-corrected chi connectivity index (χ1v) is 7.23. The second-order valence-corrected chi connectivity index (χ2v) is 6.11. The Balaban J connectivity index is 2.02. The molecule has 16 heavy (non-hydrogen) atoms. The lowest BCUT2D eigenvalue weighted by molar-refractivity contribution is -0.136. The number of piperazine rings is 1. The molecular weight excluding hydrogens is 268 g/mol. The molecular formula is C12H21BrN2O. The summed E-state index contributed by atoms with van der Waals surface area (Å²) < 4.78 is 0. The highest BCUT2D eigenvalue weighted by molar-refractivity contribution is 9.10. The zero-order chi connectivity index (χ0) is 11.7. The summed E-state index contributed by atoms with van der Waals surface area (Å²) in [4.78, 5) is 16.8. The number of rotatable bonds is 2. The maximum absolute atomic E-state index is 12.2. The lowest BCUT2D eigenvalue weighted by atomic mass is 10.1. The molecule has 92 valence electrons. The second kappa shape index (κ2) is 5.05. The third-order valence-electron chi connectivity index (χ3n) is 3.85. The van der Waals surface area contributed by atoms with E-state index in [1.165, 1.54) is 19.4 Å². The summed E-state index contributed by atoms with van der Waals surface area (Å²) in [7, 11) is 0. The third-order valence-corrected chi connectivity index (χ3v) is 4.89. The van der Waals surface area contributed by atoms with E-state index in [9.17, 15) is 4.79 Å². The van der Waals surface area contributed by atoms with Crippen molar-refractivity contribution in [1.29, 1.82) is 0 Å². The second-order valence-electron chi connectivity index (χ2n) is 5.01. The van der Waals surface area contributed by atoms with Crippen LogP contribution in [-0.4, -0.2) is 52.3 Å². The minimum atomic E-state index is 0.00269. The number of hydrogen-bond donors (Lipinski definition) is 0. The molecule has 0 aromatic heterocycles. The molecule has 2 aliphatic rings. The lowest BCUT2D eigenvalue weighted by Crippen LogP contribution is -2.58. The summed E-state index contributed by atoms with van der Waals surface area (Å²) >= 11 is 3.47. The zero-order valence-electron chi connectivity index (χ0n) is 10.2. The molecule has 2 fully saturated rings. The number of alkyl halides is 1. The Morgan fingerprint density at radius 2 is 2.25 bits per heavy atom. The van der Waals surface area contributed by atoms with Crippen LogP contribution < -0.4 is 0 Å². The lowest BCUT2D eigenvalue weighted by Gasteiger charge is -2.43. The zero-order valence-corrected chi connectivity index (χ0v) is 11.7. The topological polar surface area (TPSA) is 23.6 Å². The average molecular weight is 289 g/mol. The van der Waals surface area contributed by atoms with Crippen molar-refractivity contribution >= 4 is 21.8 Å². The molecule has 2 saturated heterocycles. The van der Waals surface area contributed by atoms with E-state index in [4.69, 9.17) is 0 Å². The molecule has 0 N–H and O–H groups in total. The molecule has 4 heteroatoms. The van der Waals surface area contributed by atoms with Crippen LogP contribution in [0.5, 0.6) is 0 Å². The Kier molecular flexibility index (Phi) is 3.90. The predicted molar refractivity (Wildman–Crippen MR) is 68.8 cm³/mol. The number of halogens is 1. The van der Waals surface area contributed by atoms with E-state index in [0.29, 0.717) is 12.1 Å². The number of nitrogens with zero attached hydrogens (tertiary/aromatic N) is 2. The standard InChI is InChI=1S/C12H21BrN2O/c1-3-11(13)12(16)15-8-10-5-4-6-14(10)7-9(15)2/h9-11H,3-8H2,1-2H3. The minimum Gasteiger partial charge on any atom is -0.336 e. The number of amides is 1. The van der Waals surface area contributed by atoms with Gasteiger partial charge in [-0.1, -0.05) is 22.9 Å². The van der Waals surface area contributed by atoms with E-state index in [-0.39, 0.29) is 10.7 Å². The maximum Gasteiger partial charge on any atom is 0.236 e. The summed E-state index contributed by atoms with van der Waals surface area (Å²) in [6.45, 7) is 7.43. The number of fused-ring (bicyclic) bond motifs is 1. The SMILES string of the molecule is CCC(Br)C(=O)N1CC2CCCN2CC1C. The van der Waals surface area contributed by atoms with Gasteiger partial charge in [0.05, 0.1) is 4.83 Å². The van der Waals surface area contributed by atoms with Crippen LogP contribution in [0, 0.1) is 0 Å². The summed E-state index contributed by atoms with van der Waals surface area (Å²) in [5, 5.41) is 0. The van der Waals surface area contributed by atoms with Crippen molar-refractivity contribution in [2.75, 3.05) is 19.6 Å². The molecule has 2 aliphatic heterocycles. The first-order valence-electron chi connectivity index (χ1n) is 6.32. The molecule has 0 saturated carbocycles. The van der Waals surface area contributed by atoms with Gasteiger partial charge in [0.2, 0.25) is 5.91 Å². The molecule has 0 bridgehead atoms. The quantitative estimate of drug-likeness (QED) is 0.724. The molecule has 1 amide bonds. The fourth-order valence-corrected chi connectivity index (χ4v) is 3.11. The fourth-order valence-electron chi connectivity index (χ4n) is 2.85. The van der Waals surface area contributed by atoms with Crippen LogP contribution in [0.1, 0.15) is 33.1 Å². The van der Waals surface area contributed by atoms with E-state index >= 15 is 0 Å². The van der Waals surface area contributed by atoms with Crippen LogP contribution in [-0.2, 0) is 4.79 Å². The van der Waals surface area contributed by atoms with Gasteiger partial charge in [-0.25, -0.2) is 0 Å². The first-order chi connectivity index (χ1) is 7.63. The molecule has 3 unspecified atom stereocenters. The molecule has 0 aliphatic carbocycles. The average Bonchev–Trinajstić information content (AvgIpc) is 2.72. The van der Waals surface area contributed by atoms with E-state index < -0.39 is 0 Å². The molecule has 2 rings (SSSR count). The van der Waals surface area contributed by atoms with Crippen LogP contribution in [0.25, 0.3) is 0 Å². The van der Waals surface area contributed by atoms with E-state index in [0.717, 1.165) is 19.5 Å². The molecule has 3 nitrogen and oxygen atoms in total. The van der Waals surface area contributed by atoms with Gasteiger partial charge in [0.1, 0.15) is 0 Å². The van der Waals surface area contributed by atoms with Gasteiger partial charge < -0.3 is 4.90 Å². The van der Waals surface area contributed by atoms with E-state index in [1.54, 1.807) is 0 Å². The van der Waals surface area contributed by atoms with Gasteiger partial charge in [0, 0.05) is 25.2 Å². The normalized spacial score (nSPS) is 32.6. The minimum absolute atomic E-state index is 0.00269. The van der Waals surface area contributed by atoms with Crippen molar-refractivity contribution in [2.24, 2.45) is 0 Å². The van der Waals surface area contributed by atoms with Crippen molar-refractivity contribution in [3.8, 4) is 0 Å². The van der Waals surface area contributed by atoms with Crippen molar-refractivity contribution in [3.63, 3.8) is 0 Å². The van der Waals surface area contributed by atoms with Gasteiger partial charge in [0.25, 0.3) is 0 Å². The Bertz CT molecular complexity index is 272. The molecule has 0 aromatic rings. The van der Waals surface area contributed by atoms with E-state index in [2.05, 4.69) is 32.7 Å². The van der Waals surface area contributed by atoms with Gasteiger partial charge in [0.15, 0.2) is 0 Å². The Morgan fingerprint density at radius 1 is 1.50 bits per heavy atom. The molecule has 0 radical (unpaired) electrons. The van der Waals surface area contributed by atoms with Crippen molar-refractivity contribution in [1.82, 2.24) is 9.80 Å². The van der Waals surface area contributed by atoms with Crippen molar-refractivity contribution < 1.29 is 4.79 Å². The molecule has 2 heterocycles. The van der Waals surface area contributed by atoms with Crippen LogP contribution in [0.4, 0.5) is 0 Å². The largest absolute Gasteiger partial charge is 0.336 e. The Labute approximate surface area is 106 Å². The smallest absolute Gasteiger partial charge is 0.236 e. The highest BCUT2D eigenvalue weighted by Crippen LogP contribution is 2.26. The summed E-state index contributed by atoms with van der Waals surface area (Å²) in [5.74, 6) is 0.279. The monoisotopic (exact) mass is 288 g/mol. The number of carbonyl (C=O) groups is 1. The molecule has 3 atom stereocenters. The highest BCUT2D eigenvalue weighted by Gasteiger charge is 2.37. The predicted octanol–water partition coefficient (Wildman–Crippen LogP) is 1.85. The number of hydrogen-bond acceptors (Lipinski definition) is 2. The van der Waals surface area contributed by atoms with Gasteiger partial charge in [-0.15, -0.1) is 0 Å². The van der Waals surface area contributed by atoms with Crippen LogP contribution >= 0.6 is 15.9 Å². The molecule has 0 spiro atoms. The highest BCUT2D eigenvalue weighted by atomic mass is 79.9. The Hall–Kier alpha value is -0.0900. The summed E-state index contributed by atoms with van der Waals surface area (Å²) in [6.07, 6.45) is 3.43.